The molecule has 176 valence electrons. The number of aryl methyl sites for hydroxylation is 1. The number of hydrogen-bond donors (Lipinski definition) is 1. The Labute approximate surface area is 205 Å². The van der Waals surface area contributed by atoms with Crippen LogP contribution in [0.2, 0.25) is 5.02 Å². The first-order valence-corrected chi connectivity index (χ1v) is 12.8. The number of nitrogens with zero attached hydrogens (tertiary/aromatic N) is 3. The second kappa shape index (κ2) is 8.59. The van der Waals surface area contributed by atoms with Gasteiger partial charge in [0.05, 0.1) is 22.8 Å². The molecule has 0 bridgehead atoms. The molecular formula is C25H24ClFN4O2S. The van der Waals surface area contributed by atoms with Gasteiger partial charge in [0.25, 0.3) is 0 Å². The summed E-state index contributed by atoms with van der Waals surface area (Å²) in [5, 5.41) is 3.84. The van der Waals surface area contributed by atoms with Crippen molar-refractivity contribution in [2.24, 2.45) is 0 Å². The number of aromatic nitrogens is 1. The molecule has 2 aromatic heterocycles. The Hall–Kier alpha value is -2.55. The van der Waals surface area contributed by atoms with E-state index < -0.39 is 6.17 Å². The number of imide groups is 1. The van der Waals surface area contributed by atoms with Crippen LogP contribution in [0.1, 0.15) is 29.7 Å². The molecule has 1 N–H and O–H groups in total. The van der Waals surface area contributed by atoms with Crippen LogP contribution in [-0.4, -0.2) is 53.5 Å². The average Bonchev–Trinajstić information content (AvgIpc) is 3.52. The highest BCUT2D eigenvalue weighted by atomic mass is 35.5. The van der Waals surface area contributed by atoms with Gasteiger partial charge in [-0.2, -0.15) is 0 Å². The highest BCUT2D eigenvalue weighted by Gasteiger charge is 2.36. The van der Waals surface area contributed by atoms with Crippen molar-refractivity contribution in [1.29, 1.82) is 0 Å². The van der Waals surface area contributed by atoms with Gasteiger partial charge in [-0.3, -0.25) is 19.5 Å². The van der Waals surface area contributed by atoms with Crippen LogP contribution >= 0.6 is 22.9 Å². The number of fused-ring (bicyclic) bond motifs is 2. The summed E-state index contributed by atoms with van der Waals surface area (Å²) in [7, 11) is 0. The summed E-state index contributed by atoms with van der Waals surface area (Å²) in [5.74, 6) is -0.248. The van der Waals surface area contributed by atoms with Crippen molar-refractivity contribution in [2.45, 2.75) is 44.4 Å². The predicted molar refractivity (Wildman–Crippen MR) is 132 cm³/mol. The van der Waals surface area contributed by atoms with Gasteiger partial charge in [0.1, 0.15) is 6.17 Å². The Balaban J connectivity index is 1.46. The van der Waals surface area contributed by atoms with Crippen LogP contribution in [-0.2, 0) is 22.6 Å². The second-order valence-electron chi connectivity index (χ2n) is 9.16. The van der Waals surface area contributed by atoms with E-state index in [9.17, 15) is 14.0 Å². The third-order valence-corrected chi connectivity index (χ3v) is 8.38. The summed E-state index contributed by atoms with van der Waals surface area (Å²) in [6, 6.07) is 7.70. The zero-order chi connectivity index (χ0) is 23.4. The summed E-state index contributed by atoms with van der Waals surface area (Å²) in [5.41, 5.74) is 4.99. The van der Waals surface area contributed by atoms with E-state index in [2.05, 4.69) is 15.2 Å². The van der Waals surface area contributed by atoms with Crippen LogP contribution < -0.4 is 10.2 Å². The molecule has 0 radical (unpaired) electrons. The largest absolute Gasteiger partial charge is 0.364 e. The molecule has 5 heterocycles. The Bertz CT molecular complexity index is 1300. The minimum atomic E-state index is -0.921. The Kier molecular flexibility index (Phi) is 5.54. The Morgan fingerprint density at radius 1 is 1.12 bits per heavy atom. The van der Waals surface area contributed by atoms with Gasteiger partial charge < -0.3 is 10.2 Å². The van der Waals surface area contributed by atoms with Gasteiger partial charge in [-0.15, -0.1) is 11.3 Å². The second-order valence-corrected chi connectivity index (χ2v) is 10.7. The molecule has 9 heteroatoms. The van der Waals surface area contributed by atoms with E-state index in [4.69, 9.17) is 11.6 Å². The fourth-order valence-corrected chi connectivity index (χ4v) is 6.82. The van der Waals surface area contributed by atoms with Crippen LogP contribution in [0.5, 0.6) is 0 Å². The quantitative estimate of drug-likeness (QED) is 0.542. The number of benzene rings is 1. The van der Waals surface area contributed by atoms with Gasteiger partial charge in [-0.1, -0.05) is 11.6 Å². The van der Waals surface area contributed by atoms with Crippen molar-refractivity contribution in [3.8, 4) is 11.1 Å². The minimum Gasteiger partial charge on any atom is -0.364 e. The molecule has 0 saturated carbocycles. The minimum absolute atomic E-state index is 0.124. The lowest BCUT2D eigenvalue weighted by atomic mass is 9.92. The fraction of sp³-hybridized carbons (Fsp3) is 0.400. The number of thiophene rings is 1. The molecule has 3 aromatic rings. The molecule has 2 atom stereocenters. The first-order valence-electron chi connectivity index (χ1n) is 11.6. The lowest BCUT2D eigenvalue weighted by Crippen LogP contribution is -2.45. The molecule has 2 amide bonds. The summed E-state index contributed by atoms with van der Waals surface area (Å²) >= 11 is 8.11. The molecule has 2 saturated heterocycles. The number of anilines is 1. The van der Waals surface area contributed by atoms with Crippen LogP contribution in [0.15, 0.2) is 30.5 Å². The van der Waals surface area contributed by atoms with E-state index in [1.165, 1.54) is 4.90 Å². The summed E-state index contributed by atoms with van der Waals surface area (Å²) in [6.45, 7) is 2.07. The molecule has 6 nitrogen and oxygen atoms in total. The number of carbonyl (C=O) groups is 2. The molecule has 3 aliphatic heterocycles. The monoisotopic (exact) mass is 498 g/mol. The maximum Gasteiger partial charge on any atom is 0.230 e. The van der Waals surface area contributed by atoms with E-state index in [0.29, 0.717) is 18.1 Å². The van der Waals surface area contributed by atoms with Gasteiger partial charge in [0, 0.05) is 65.4 Å². The number of nitrogens with one attached hydrogen (secondary N) is 1. The van der Waals surface area contributed by atoms with Crippen molar-refractivity contribution in [1.82, 2.24) is 15.2 Å². The molecule has 0 spiro atoms. The van der Waals surface area contributed by atoms with Gasteiger partial charge in [-0.25, -0.2) is 4.39 Å². The van der Waals surface area contributed by atoms with Crippen molar-refractivity contribution in [2.75, 3.05) is 24.5 Å². The number of alkyl halides is 1. The molecule has 3 aliphatic rings. The van der Waals surface area contributed by atoms with E-state index >= 15 is 0 Å². The number of amides is 2. The molecule has 2 fully saturated rings. The maximum absolute atomic E-state index is 14.8. The van der Waals surface area contributed by atoms with Crippen molar-refractivity contribution >= 4 is 50.7 Å². The predicted octanol–water partition coefficient (Wildman–Crippen LogP) is 4.33. The number of hydrogen-bond acceptors (Lipinski definition) is 6. The molecule has 34 heavy (non-hydrogen) atoms. The third-order valence-electron chi connectivity index (χ3n) is 7.02. The molecule has 0 unspecified atom stereocenters. The summed E-state index contributed by atoms with van der Waals surface area (Å²) in [4.78, 5) is 33.3. The van der Waals surface area contributed by atoms with E-state index in [1.807, 2.05) is 24.3 Å². The SMILES string of the molecule is O=C1CCC(=O)N1Cc1cc2nccc(-c3cc(Cl)cc4c3N([C@@H]3CNC[C@H]3F)CCC4)c2s1. The van der Waals surface area contributed by atoms with Gasteiger partial charge in [0.15, 0.2) is 0 Å². The van der Waals surface area contributed by atoms with Crippen molar-refractivity contribution in [3.63, 3.8) is 0 Å². The average molecular weight is 499 g/mol. The zero-order valence-corrected chi connectivity index (χ0v) is 20.1. The van der Waals surface area contributed by atoms with Crippen molar-refractivity contribution in [3.05, 3.63) is 45.9 Å². The molecule has 6 rings (SSSR count). The first-order chi connectivity index (χ1) is 16.5. The lowest BCUT2D eigenvalue weighted by Gasteiger charge is -2.38. The summed E-state index contributed by atoms with van der Waals surface area (Å²) < 4.78 is 15.8. The fourth-order valence-electron chi connectivity index (χ4n) is 5.45. The highest BCUT2D eigenvalue weighted by molar-refractivity contribution is 7.19. The lowest BCUT2D eigenvalue weighted by molar-refractivity contribution is -0.138. The van der Waals surface area contributed by atoms with Gasteiger partial charge in [0.2, 0.25) is 11.8 Å². The van der Waals surface area contributed by atoms with Crippen LogP contribution in [0.25, 0.3) is 21.3 Å². The van der Waals surface area contributed by atoms with Gasteiger partial charge >= 0.3 is 0 Å². The van der Waals surface area contributed by atoms with Crippen LogP contribution in [0.3, 0.4) is 0 Å². The Morgan fingerprint density at radius 2 is 1.94 bits per heavy atom. The Morgan fingerprint density at radius 3 is 2.71 bits per heavy atom. The van der Waals surface area contributed by atoms with Crippen molar-refractivity contribution < 1.29 is 14.0 Å². The standard InChI is InChI=1S/C25H24ClFN4O2S/c26-15-8-14-2-1-7-30(21-12-28-11-19(21)27)24(14)18(9-15)17-5-6-29-20-10-16(34-25(17)20)13-31-22(32)3-4-23(31)33/h5-6,8-10,19,21,28H,1-4,7,11-13H2/t19-,21-/m1/s1. The van der Waals surface area contributed by atoms with Gasteiger partial charge in [-0.05, 0) is 42.7 Å². The number of rotatable bonds is 4. The summed E-state index contributed by atoms with van der Waals surface area (Å²) in [6.07, 6.45) is 3.28. The zero-order valence-electron chi connectivity index (χ0n) is 18.5. The maximum atomic E-state index is 14.8. The number of pyridine rings is 1. The van der Waals surface area contributed by atoms with Crippen LogP contribution in [0.4, 0.5) is 10.1 Å². The smallest absolute Gasteiger partial charge is 0.230 e. The number of likely N-dealkylation sites (tertiary alicyclic amines) is 1. The van der Waals surface area contributed by atoms with E-state index in [0.717, 1.165) is 56.9 Å². The highest BCUT2D eigenvalue weighted by Crippen LogP contribution is 2.45. The molecule has 1 aromatic carbocycles. The topological polar surface area (TPSA) is 65.5 Å². The number of halogens is 2. The normalized spacial score (nSPS) is 22.8. The molecule has 0 aliphatic carbocycles. The van der Waals surface area contributed by atoms with E-state index in [-0.39, 0.29) is 37.2 Å². The molecular weight excluding hydrogens is 475 g/mol. The third kappa shape index (κ3) is 3.68. The van der Waals surface area contributed by atoms with Crippen LogP contribution in [0, 0.1) is 0 Å². The number of carbonyl (C=O) groups excluding carboxylic acids is 2. The first kappa shape index (κ1) is 21.9. The van der Waals surface area contributed by atoms with E-state index in [1.54, 1.807) is 17.5 Å².